The Kier molecular flexibility index (Phi) is 23.2. The van der Waals surface area contributed by atoms with Gasteiger partial charge in [0.1, 0.15) is 0 Å². The summed E-state index contributed by atoms with van der Waals surface area (Å²) in [7, 11) is 0. The van der Waals surface area contributed by atoms with E-state index in [1.54, 1.807) is 6.92 Å². The zero-order valence-corrected chi connectivity index (χ0v) is 3.40. The van der Waals surface area contributed by atoms with Crippen molar-refractivity contribution in [2.24, 2.45) is 0 Å². The molecule has 1 heteroatoms. The molecule has 0 aromatic carbocycles. The molecule has 2 radical (unpaired) electrons. The summed E-state index contributed by atoms with van der Waals surface area (Å²) in [5.41, 5.74) is 0. The van der Waals surface area contributed by atoms with Gasteiger partial charge in [0.15, 0.2) is 0 Å². The van der Waals surface area contributed by atoms with Crippen LogP contribution < -0.4 is 0 Å². The summed E-state index contributed by atoms with van der Waals surface area (Å²) in [6, 6.07) is 0. The van der Waals surface area contributed by atoms with Crippen molar-refractivity contribution in [1.29, 1.82) is 0 Å². The van der Waals surface area contributed by atoms with Crippen LogP contribution in [0.1, 0.15) is 6.92 Å². The molecule has 4 heavy (non-hydrogen) atoms. The fraction of sp³-hybridized carbons (Fsp3) is 0.333. The van der Waals surface area contributed by atoms with Gasteiger partial charge in [-0.3, -0.25) is 0 Å². The molecule has 0 amide bonds. The molecule has 0 nitrogen and oxygen atoms in total. The quantitative estimate of drug-likeness (QED) is 0.402. The maximum absolute atomic E-state index is 4.72. The van der Waals surface area contributed by atoms with Crippen LogP contribution in [0.15, 0.2) is 6.08 Å². The van der Waals surface area contributed by atoms with Crippen molar-refractivity contribution in [2.45, 2.75) is 6.92 Å². The molecule has 0 aromatic heterocycles. The minimum Gasteiger partial charge on any atom is -0.0877 e. The third-order valence-corrected chi connectivity index (χ3v) is 0. The SMILES string of the molecule is [CH]=CC.[Cu]. The van der Waals surface area contributed by atoms with E-state index >= 15 is 0 Å². The van der Waals surface area contributed by atoms with E-state index in [0.29, 0.717) is 0 Å². The Morgan fingerprint density at radius 3 is 1.75 bits per heavy atom. The summed E-state index contributed by atoms with van der Waals surface area (Å²) in [5, 5.41) is 0. The third-order valence-electron chi connectivity index (χ3n) is 0. The molecule has 0 aliphatic heterocycles. The van der Waals surface area contributed by atoms with Crippen LogP contribution in [0.5, 0.6) is 0 Å². The van der Waals surface area contributed by atoms with Gasteiger partial charge in [-0.05, 0) is 6.92 Å². The fourth-order valence-electron chi connectivity index (χ4n) is 0. The summed E-state index contributed by atoms with van der Waals surface area (Å²) in [4.78, 5) is 0. The second-order valence-electron chi connectivity index (χ2n) is 0.333. The van der Waals surface area contributed by atoms with Crippen LogP contribution in [0.25, 0.3) is 0 Å². The minimum atomic E-state index is 0. The van der Waals surface area contributed by atoms with Gasteiger partial charge in [-0.25, -0.2) is 0 Å². The van der Waals surface area contributed by atoms with Crippen molar-refractivity contribution in [3.8, 4) is 0 Å². The van der Waals surface area contributed by atoms with E-state index in [0.717, 1.165) is 0 Å². The Morgan fingerprint density at radius 1 is 1.75 bits per heavy atom. The van der Waals surface area contributed by atoms with E-state index < -0.39 is 0 Å². The molecular formula is C3H5Cu. The van der Waals surface area contributed by atoms with Gasteiger partial charge < -0.3 is 0 Å². The Balaban J connectivity index is 0. The third kappa shape index (κ3) is 53.2. The molecule has 0 rings (SSSR count). The molecule has 0 heterocycles. The van der Waals surface area contributed by atoms with E-state index in [1.165, 1.54) is 6.08 Å². The largest absolute Gasteiger partial charge is 0.0877 e. The Bertz CT molecular complexity index is 10.8. The first kappa shape index (κ1) is 8.86. The first-order valence-corrected chi connectivity index (χ1v) is 0.911. The molecule has 0 saturated carbocycles. The normalized spacial score (nSPS) is 3.25. The van der Waals surface area contributed by atoms with Gasteiger partial charge in [-0.15, -0.1) is 0 Å². The first-order valence-electron chi connectivity index (χ1n) is 0.911. The summed E-state index contributed by atoms with van der Waals surface area (Å²) in [5.74, 6) is 0. The molecule has 28 valence electrons. The van der Waals surface area contributed by atoms with Crippen molar-refractivity contribution >= 4 is 0 Å². The van der Waals surface area contributed by atoms with E-state index in [2.05, 4.69) is 0 Å². The van der Waals surface area contributed by atoms with Gasteiger partial charge in [-0.2, -0.15) is 0 Å². The zero-order chi connectivity index (χ0) is 2.71. The molecule has 0 bridgehead atoms. The predicted octanol–water partition coefficient (Wildman–Crippen LogP) is 0.993. The molecule has 0 fully saturated rings. The van der Waals surface area contributed by atoms with Crippen molar-refractivity contribution in [3.05, 3.63) is 12.7 Å². The van der Waals surface area contributed by atoms with Gasteiger partial charge in [0.2, 0.25) is 0 Å². The Hall–Kier alpha value is 0.259. The second-order valence-corrected chi connectivity index (χ2v) is 0.333. The van der Waals surface area contributed by atoms with E-state index in [4.69, 9.17) is 6.58 Å². The maximum atomic E-state index is 4.72. The minimum absolute atomic E-state index is 0. The fourth-order valence-corrected chi connectivity index (χ4v) is 0. The van der Waals surface area contributed by atoms with Gasteiger partial charge in [0.05, 0.1) is 0 Å². The number of allylic oxidation sites excluding steroid dienone is 1. The van der Waals surface area contributed by atoms with E-state index in [1.807, 2.05) is 0 Å². The van der Waals surface area contributed by atoms with Crippen LogP contribution in [-0.2, 0) is 17.1 Å². The van der Waals surface area contributed by atoms with Gasteiger partial charge in [0.25, 0.3) is 0 Å². The van der Waals surface area contributed by atoms with Crippen LogP contribution in [0, 0.1) is 6.58 Å². The average Bonchev–Trinajstić information content (AvgIpc) is 0.918. The number of rotatable bonds is 0. The topological polar surface area (TPSA) is 0 Å². The molecule has 0 aliphatic carbocycles. The van der Waals surface area contributed by atoms with Crippen molar-refractivity contribution in [1.82, 2.24) is 0 Å². The molecule has 0 N–H and O–H groups in total. The summed E-state index contributed by atoms with van der Waals surface area (Å²) in [6.45, 7) is 6.50. The summed E-state index contributed by atoms with van der Waals surface area (Å²) in [6.07, 6.45) is 1.50. The number of hydrogen-bond acceptors (Lipinski definition) is 0. The molecule has 0 aromatic rings. The average molecular weight is 105 g/mol. The molecule has 0 atom stereocenters. The van der Waals surface area contributed by atoms with Crippen LogP contribution in [0.2, 0.25) is 0 Å². The van der Waals surface area contributed by atoms with Crippen LogP contribution in [0.3, 0.4) is 0 Å². The molecule has 0 spiro atoms. The maximum Gasteiger partial charge on any atom is 0 e. The molecular weight excluding hydrogens is 99.6 g/mol. The monoisotopic (exact) mass is 104 g/mol. The van der Waals surface area contributed by atoms with Gasteiger partial charge in [0, 0.05) is 17.1 Å². The van der Waals surface area contributed by atoms with E-state index in [-0.39, 0.29) is 17.1 Å². The van der Waals surface area contributed by atoms with Crippen molar-refractivity contribution < 1.29 is 17.1 Å². The van der Waals surface area contributed by atoms with Gasteiger partial charge in [-0.1, -0.05) is 12.7 Å². The summed E-state index contributed by atoms with van der Waals surface area (Å²) >= 11 is 0. The van der Waals surface area contributed by atoms with Crippen molar-refractivity contribution in [3.63, 3.8) is 0 Å². The number of hydrogen-bond donors (Lipinski definition) is 0. The van der Waals surface area contributed by atoms with Crippen LogP contribution in [0.4, 0.5) is 0 Å². The molecule has 0 saturated heterocycles. The van der Waals surface area contributed by atoms with Gasteiger partial charge >= 0.3 is 0 Å². The predicted molar refractivity (Wildman–Crippen MR) is 14.5 cm³/mol. The molecule has 0 unspecified atom stereocenters. The van der Waals surface area contributed by atoms with Crippen LogP contribution in [-0.4, -0.2) is 0 Å². The second kappa shape index (κ2) is 10.5. The van der Waals surface area contributed by atoms with Crippen molar-refractivity contribution in [2.75, 3.05) is 0 Å². The Labute approximate surface area is 37.4 Å². The zero-order valence-electron chi connectivity index (χ0n) is 2.46. The molecule has 0 aliphatic rings. The van der Waals surface area contributed by atoms with Crippen LogP contribution >= 0.6 is 0 Å². The smallest absolute Gasteiger partial charge is 0 e. The standard InChI is InChI=1S/C3H5.Cu/c1-3-2;/h1,3H,2H3;. The Morgan fingerprint density at radius 2 is 1.75 bits per heavy atom. The first-order chi connectivity index (χ1) is 1.41. The summed E-state index contributed by atoms with van der Waals surface area (Å²) < 4.78 is 0. The van der Waals surface area contributed by atoms with E-state index in [9.17, 15) is 0 Å².